The maximum Gasteiger partial charge on any atom is 0.350 e. The number of aliphatic hydroxyl groups excluding tert-OH is 1. The topological polar surface area (TPSA) is 134 Å². The minimum absolute atomic E-state index is 0.161. The molecule has 0 spiro atoms. The van der Waals surface area contributed by atoms with Crippen LogP contribution in [0.5, 0.6) is 0 Å². The van der Waals surface area contributed by atoms with E-state index in [1.807, 2.05) is 0 Å². The highest BCUT2D eigenvalue weighted by Crippen LogP contribution is 2.33. The summed E-state index contributed by atoms with van der Waals surface area (Å²) in [4.78, 5) is 32.7. The fourth-order valence-electron chi connectivity index (χ4n) is 2.93. The summed E-state index contributed by atoms with van der Waals surface area (Å²) in [5, 5.41) is 10.0. The Labute approximate surface area is 144 Å². The monoisotopic (exact) mass is 371 g/mol. The number of aromatic nitrogens is 4. The van der Waals surface area contributed by atoms with Gasteiger partial charge in [0.2, 0.25) is 0 Å². The van der Waals surface area contributed by atoms with Crippen LogP contribution in [0.1, 0.15) is 19.3 Å². The lowest BCUT2D eigenvalue weighted by Crippen LogP contribution is -2.30. The predicted molar refractivity (Wildman–Crippen MR) is 90.3 cm³/mol. The summed E-state index contributed by atoms with van der Waals surface area (Å²) in [7, 11) is -4.23. The fraction of sp³-hybridized carbons (Fsp3) is 0.643. The summed E-state index contributed by atoms with van der Waals surface area (Å²) >= 11 is 0. The first-order valence-electron chi connectivity index (χ1n) is 8.15. The molecule has 3 N–H and O–H groups in total. The number of hydrogen-bond acceptors (Lipinski definition) is 7. The van der Waals surface area contributed by atoms with Gasteiger partial charge in [-0.15, -0.1) is 0 Å². The lowest BCUT2D eigenvalue weighted by molar-refractivity contribution is 0.0413. The molecule has 0 saturated carbocycles. The zero-order chi connectivity index (χ0) is 17.9. The molecule has 1 saturated heterocycles. The highest BCUT2D eigenvalue weighted by atomic mass is 31.2. The molecule has 3 rings (SSSR count). The molecule has 3 heterocycles. The largest absolute Gasteiger partial charge is 0.389 e. The summed E-state index contributed by atoms with van der Waals surface area (Å²) in [6.07, 6.45) is 4.90. The SMILES string of the molecule is O=P(O)(O)COCC(O)Cn1cnc2c(N3CCCCC3)ncnc21. The van der Waals surface area contributed by atoms with Crippen LogP contribution in [0, 0.1) is 0 Å². The van der Waals surface area contributed by atoms with Crippen LogP contribution in [0.25, 0.3) is 11.2 Å². The first kappa shape index (κ1) is 18.2. The number of aliphatic hydroxyl groups is 1. The van der Waals surface area contributed by atoms with Crippen LogP contribution in [-0.2, 0) is 15.8 Å². The Hall–Kier alpha value is -1.58. The fourth-order valence-corrected chi connectivity index (χ4v) is 3.27. The number of rotatable bonds is 7. The molecule has 0 aromatic carbocycles. The zero-order valence-corrected chi connectivity index (χ0v) is 14.6. The summed E-state index contributed by atoms with van der Waals surface area (Å²) in [5.41, 5.74) is 1.30. The van der Waals surface area contributed by atoms with Crippen molar-refractivity contribution in [2.75, 3.05) is 30.9 Å². The molecule has 1 aliphatic rings. The molecular weight excluding hydrogens is 349 g/mol. The van der Waals surface area contributed by atoms with Gasteiger partial charge in [-0.3, -0.25) is 4.57 Å². The quantitative estimate of drug-likeness (QED) is 0.589. The average molecular weight is 371 g/mol. The molecule has 1 unspecified atom stereocenters. The third kappa shape index (κ3) is 4.74. The van der Waals surface area contributed by atoms with E-state index in [4.69, 9.17) is 14.5 Å². The first-order chi connectivity index (χ1) is 11.9. The number of ether oxygens (including phenoxy) is 1. The molecule has 10 nitrogen and oxygen atoms in total. The van der Waals surface area contributed by atoms with Gasteiger partial charge in [-0.25, -0.2) is 15.0 Å². The molecular formula is C14H22N5O5P. The molecule has 25 heavy (non-hydrogen) atoms. The molecule has 0 amide bonds. The van der Waals surface area contributed by atoms with Crippen molar-refractivity contribution < 1.29 is 24.2 Å². The van der Waals surface area contributed by atoms with Crippen LogP contribution in [0.4, 0.5) is 5.82 Å². The molecule has 0 bridgehead atoms. The molecule has 2 aromatic rings. The molecule has 138 valence electrons. The molecule has 0 aliphatic carbocycles. The number of nitrogens with zero attached hydrogens (tertiary/aromatic N) is 5. The minimum Gasteiger partial charge on any atom is -0.389 e. The van der Waals surface area contributed by atoms with Crippen molar-refractivity contribution in [3.63, 3.8) is 0 Å². The number of anilines is 1. The molecule has 11 heteroatoms. The van der Waals surface area contributed by atoms with Gasteiger partial charge in [0.25, 0.3) is 0 Å². The van der Waals surface area contributed by atoms with E-state index in [0.29, 0.717) is 11.2 Å². The van der Waals surface area contributed by atoms with Crippen molar-refractivity contribution in [2.45, 2.75) is 31.9 Å². The standard InChI is InChI=1S/C14H22N5O5P/c20-11(7-24-10-25(21,22)23)6-19-9-17-12-13(15-8-16-14(12)19)18-4-2-1-3-5-18/h8-9,11,20H,1-7,10H2,(H2,21,22,23). The smallest absolute Gasteiger partial charge is 0.350 e. The Balaban J connectivity index is 1.69. The molecule has 1 atom stereocenters. The van der Waals surface area contributed by atoms with Gasteiger partial charge >= 0.3 is 7.60 Å². The second-order valence-electron chi connectivity index (χ2n) is 6.13. The van der Waals surface area contributed by atoms with Crippen LogP contribution in [0.15, 0.2) is 12.7 Å². The van der Waals surface area contributed by atoms with Crippen LogP contribution < -0.4 is 4.90 Å². The van der Waals surface area contributed by atoms with Gasteiger partial charge in [-0.1, -0.05) is 0 Å². The van der Waals surface area contributed by atoms with Crippen molar-refractivity contribution in [2.24, 2.45) is 0 Å². The minimum atomic E-state index is -4.23. The van der Waals surface area contributed by atoms with Crippen LogP contribution in [0.2, 0.25) is 0 Å². The maximum atomic E-state index is 10.7. The molecule has 1 fully saturated rings. The highest BCUT2D eigenvalue weighted by Gasteiger charge is 2.19. The van der Waals surface area contributed by atoms with Crippen molar-refractivity contribution in [1.29, 1.82) is 0 Å². The van der Waals surface area contributed by atoms with Gasteiger partial charge in [-0.05, 0) is 19.3 Å². The predicted octanol–water partition coefficient (Wildman–Crippen LogP) is 0.329. The lowest BCUT2D eigenvalue weighted by Gasteiger charge is -2.27. The van der Waals surface area contributed by atoms with Gasteiger partial charge < -0.3 is 29.1 Å². The second-order valence-corrected chi connectivity index (χ2v) is 7.72. The normalized spacial score (nSPS) is 17.2. The van der Waals surface area contributed by atoms with E-state index < -0.39 is 20.0 Å². The van der Waals surface area contributed by atoms with Crippen molar-refractivity contribution in [1.82, 2.24) is 19.5 Å². The van der Waals surface area contributed by atoms with E-state index in [2.05, 4.69) is 19.9 Å². The number of hydrogen-bond donors (Lipinski definition) is 3. The summed E-state index contributed by atoms with van der Waals surface area (Å²) in [5.74, 6) is 0.802. The number of piperidine rings is 1. The third-order valence-electron chi connectivity index (χ3n) is 4.01. The van der Waals surface area contributed by atoms with E-state index in [9.17, 15) is 9.67 Å². The van der Waals surface area contributed by atoms with Gasteiger partial charge in [-0.2, -0.15) is 0 Å². The average Bonchev–Trinajstić information content (AvgIpc) is 2.97. The van der Waals surface area contributed by atoms with Crippen molar-refractivity contribution in [3.05, 3.63) is 12.7 Å². The van der Waals surface area contributed by atoms with Gasteiger partial charge in [0.1, 0.15) is 12.7 Å². The Morgan fingerprint density at radius 3 is 2.68 bits per heavy atom. The lowest BCUT2D eigenvalue weighted by atomic mass is 10.1. The van der Waals surface area contributed by atoms with E-state index in [1.54, 1.807) is 10.9 Å². The Morgan fingerprint density at radius 2 is 1.96 bits per heavy atom. The second kappa shape index (κ2) is 7.76. The summed E-state index contributed by atoms with van der Waals surface area (Å²) < 4.78 is 17.3. The Kier molecular flexibility index (Phi) is 5.65. The van der Waals surface area contributed by atoms with Gasteiger partial charge in [0.05, 0.1) is 25.6 Å². The molecule has 0 radical (unpaired) electrons. The van der Waals surface area contributed by atoms with E-state index in [0.717, 1.165) is 31.7 Å². The van der Waals surface area contributed by atoms with Crippen LogP contribution in [0.3, 0.4) is 0 Å². The van der Waals surface area contributed by atoms with Crippen LogP contribution in [-0.4, -0.2) is 66.6 Å². The van der Waals surface area contributed by atoms with Crippen molar-refractivity contribution in [3.8, 4) is 0 Å². The summed E-state index contributed by atoms with van der Waals surface area (Å²) in [6, 6.07) is 0. The van der Waals surface area contributed by atoms with E-state index in [1.165, 1.54) is 12.7 Å². The first-order valence-corrected chi connectivity index (χ1v) is 9.95. The Morgan fingerprint density at radius 1 is 1.20 bits per heavy atom. The molecule has 1 aliphatic heterocycles. The summed E-state index contributed by atoms with van der Waals surface area (Å²) in [6.45, 7) is 1.86. The van der Waals surface area contributed by atoms with Gasteiger partial charge in [0, 0.05) is 13.1 Å². The number of fused-ring (bicyclic) bond motifs is 1. The highest BCUT2D eigenvalue weighted by molar-refractivity contribution is 7.51. The van der Waals surface area contributed by atoms with Gasteiger partial charge in [0.15, 0.2) is 17.0 Å². The van der Waals surface area contributed by atoms with E-state index in [-0.39, 0.29) is 13.2 Å². The van der Waals surface area contributed by atoms with E-state index >= 15 is 0 Å². The maximum absolute atomic E-state index is 10.7. The molecule has 2 aromatic heterocycles. The number of imidazole rings is 1. The zero-order valence-electron chi connectivity index (χ0n) is 13.7. The van der Waals surface area contributed by atoms with Crippen molar-refractivity contribution >= 4 is 24.6 Å². The van der Waals surface area contributed by atoms with Crippen LogP contribution >= 0.6 is 7.60 Å². The third-order valence-corrected chi connectivity index (χ3v) is 4.53. The Bertz CT molecular complexity index is 757.